The van der Waals surface area contributed by atoms with Crippen LogP contribution in [0.25, 0.3) is 0 Å². The van der Waals surface area contributed by atoms with Gasteiger partial charge in [0.05, 0.1) is 0 Å². The molecule has 1 aromatic heterocycles. The average molecular weight is 393 g/mol. The van der Waals surface area contributed by atoms with E-state index in [1.165, 1.54) is 0 Å². The summed E-state index contributed by atoms with van der Waals surface area (Å²) in [5.74, 6) is 0.846. The van der Waals surface area contributed by atoms with E-state index in [0.29, 0.717) is 22.8 Å². The number of carbonyl (C=O) groups is 1. The van der Waals surface area contributed by atoms with Gasteiger partial charge in [-0.05, 0) is 61.8 Å². The molecular weight excluding hydrogens is 364 g/mol. The van der Waals surface area contributed by atoms with Crippen LogP contribution in [0.2, 0.25) is 0 Å². The normalized spacial score (nSPS) is 12.9. The third-order valence-electron chi connectivity index (χ3n) is 4.38. The largest absolute Gasteiger partial charge is 0.399 e. The molecule has 1 atom stereocenters. The van der Waals surface area contributed by atoms with Crippen molar-refractivity contribution in [3.63, 3.8) is 0 Å². The van der Waals surface area contributed by atoms with Crippen LogP contribution in [0, 0.1) is 12.8 Å². The highest BCUT2D eigenvalue weighted by molar-refractivity contribution is 5.95. The molecule has 0 fully saturated rings. The second-order valence-electron chi connectivity index (χ2n) is 6.71. The van der Waals surface area contributed by atoms with Crippen LogP contribution in [-0.2, 0) is 0 Å². The van der Waals surface area contributed by atoms with Gasteiger partial charge < -0.3 is 22.1 Å². The maximum Gasteiger partial charge on any atom is 0.255 e. The van der Waals surface area contributed by atoms with Crippen molar-refractivity contribution in [3.05, 3.63) is 77.8 Å². The lowest BCUT2D eigenvalue weighted by molar-refractivity contribution is 0.0967. The minimum atomic E-state index is -0.234. The molecule has 7 heteroatoms. The smallest absolute Gasteiger partial charge is 0.255 e. The summed E-state index contributed by atoms with van der Waals surface area (Å²) in [5.41, 5.74) is 14.8. The fourth-order valence-corrected chi connectivity index (χ4v) is 2.53. The fourth-order valence-electron chi connectivity index (χ4n) is 2.53. The third kappa shape index (κ3) is 6.49. The van der Waals surface area contributed by atoms with Crippen molar-refractivity contribution >= 4 is 23.4 Å². The van der Waals surface area contributed by atoms with Gasteiger partial charge in [0, 0.05) is 34.4 Å². The molecule has 0 saturated carbocycles. The van der Waals surface area contributed by atoms with Gasteiger partial charge in [0.15, 0.2) is 0 Å². The molecule has 0 aliphatic heterocycles. The summed E-state index contributed by atoms with van der Waals surface area (Å²) < 4.78 is 0. The number of allylic oxidation sites excluding steroid dienone is 4. The van der Waals surface area contributed by atoms with Gasteiger partial charge in [-0.25, -0.2) is 4.98 Å². The van der Waals surface area contributed by atoms with E-state index in [9.17, 15) is 4.79 Å². The number of nitrogens with two attached hydrogens (primary N) is 2. The maximum atomic E-state index is 12.4. The minimum Gasteiger partial charge on any atom is -0.399 e. The Kier molecular flexibility index (Phi) is 7.54. The molecule has 0 bridgehead atoms. The number of carbonyl (C=O) groups excluding carboxylic acids is 1. The first-order chi connectivity index (χ1) is 13.8. The molecule has 0 radical (unpaired) electrons. The Morgan fingerprint density at radius 2 is 1.90 bits per heavy atom. The van der Waals surface area contributed by atoms with E-state index in [0.717, 1.165) is 17.8 Å². The molecule has 152 valence electrons. The summed E-state index contributed by atoms with van der Waals surface area (Å²) in [4.78, 5) is 20.7. The predicted octanol–water partition coefficient (Wildman–Crippen LogP) is 3.79. The van der Waals surface area contributed by atoms with E-state index in [1.54, 1.807) is 36.4 Å². The summed E-state index contributed by atoms with van der Waals surface area (Å²) in [6.07, 6.45) is 6.22. The molecule has 0 aliphatic rings. The van der Waals surface area contributed by atoms with Gasteiger partial charge in [0.25, 0.3) is 5.91 Å². The van der Waals surface area contributed by atoms with Gasteiger partial charge in [-0.2, -0.15) is 4.98 Å². The van der Waals surface area contributed by atoms with Crippen molar-refractivity contribution in [3.8, 4) is 0 Å². The van der Waals surface area contributed by atoms with Gasteiger partial charge in [0.1, 0.15) is 5.82 Å². The highest BCUT2D eigenvalue weighted by Gasteiger charge is 2.09. The van der Waals surface area contributed by atoms with E-state index in [-0.39, 0.29) is 17.8 Å². The van der Waals surface area contributed by atoms with E-state index in [2.05, 4.69) is 41.0 Å². The summed E-state index contributed by atoms with van der Waals surface area (Å²) in [6, 6.07) is 8.55. The van der Waals surface area contributed by atoms with Gasteiger partial charge in [-0.1, -0.05) is 20.4 Å². The number of nitrogens with zero attached hydrogens (tertiary/aromatic N) is 2. The Labute approximate surface area is 171 Å². The minimum absolute atomic E-state index is 0.217. The number of hydrogen-bond donors (Lipinski definition) is 4. The topological polar surface area (TPSA) is 119 Å². The highest BCUT2D eigenvalue weighted by atomic mass is 16.1. The molecule has 1 aromatic carbocycles. The molecule has 1 unspecified atom stereocenters. The number of benzene rings is 1. The van der Waals surface area contributed by atoms with Crippen molar-refractivity contribution in [2.75, 3.05) is 16.8 Å². The standard InChI is InChI=1S/C22H28N6O/c1-5-14(3)19(27-20-13-15(4)25-22(24)28-20)12-11-18(6-2)26-21(29)16-7-9-17(23)10-8-16/h6-14H,2,5,23H2,1,3-4H3,(H,26,29)(H3,24,25,27,28)/b18-11+,19-12+. The lowest BCUT2D eigenvalue weighted by atomic mass is 10.0. The summed E-state index contributed by atoms with van der Waals surface area (Å²) in [6.45, 7) is 9.84. The number of amides is 1. The Balaban J connectivity index is 2.23. The quantitative estimate of drug-likeness (QED) is 0.401. The highest BCUT2D eigenvalue weighted by Crippen LogP contribution is 2.18. The zero-order valence-electron chi connectivity index (χ0n) is 17.1. The van der Waals surface area contributed by atoms with Crippen molar-refractivity contribution < 1.29 is 4.79 Å². The first-order valence-corrected chi connectivity index (χ1v) is 9.41. The first-order valence-electron chi connectivity index (χ1n) is 9.41. The molecule has 1 amide bonds. The molecule has 0 saturated heterocycles. The van der Waals surface area contributed by atoms with Crippen molar-refractivity contribution in [1.82, 2.24) is 15.3 Å². The van der Waals surface area contributed by atoms with Crippen LogP contribution in [0.1, 0.15) is 36.3 Å². The number of rotatable bonds is 8. The van der Waals surface area contributed by atoms with Crippen LogP contribution < -0.4 is 22.1 Å². The fraction of sp³-hybridized carbons (Fsp3) is 0.227. The molecule has 6 N–H and O–H groups in total. The number of nitrogen functional groups attached to an aromatic ring is 2. The van der Waals surface area contributed by atoms with Crippen LogP contribution >= 0.6 is 0 Å². The predicted molar refractivity (Wildman–Crippen MR) is 119 cm³/mol. The lowest BCUT2D eigenvalue weighted by Gasteiger charge is -2.16. The first kappa shape index (κ1) is 21.7. The van der Waals surface area contributed by atoms with E-state index >= 15 is 0 Å². The summed E-state index contributed by atoms with van der Waals surface area (Å²) in [7, 11) is 0. The molecular formula is C22H28N6O. The SMILES string of the molecule is C=C/C(=C\C=C(\Nc1cc(C)nc(N)n1)C(C)CC)NC(=O)c1ccc(N)cc1. The van der Waals surface area contributed by atoms with Crippen LogP contribution in [0.15, 0.2) is 66.5 Å². The lowest BCUT2D eigenvalue weighted by Crippen LogP contribution is -2.21. The maximum absolute atomic E-state index is 12.4. The average Bonchev–Trinajstić information content (AvgIpc) is 2.68. The molecule has 7 nitrogen and oxygen atoms in total. The molecule has 0 spiro atoms. The Morgan fingerprint density at radius 1 is 1.21 bits per heavy atom. The van der Waals surface area contributed by atoms with Crippen LogP contribution in [0.3, 0.4) is 0 Å². The van der Waals surface area contributed by atoms with Gasteiger partial charge in [-0.15, -0.1) is 0 Å². The van der Waals surface area contributed by atoms with Crippen molar-refractivity contribution in [2.24, 2.45) is 5.92 Å². The number of anilines is 3. The second-order valence-corrected chi connectivity index (χ2v) is 6.71. The summed E-state index contributed by atoms with van der Waals surface area (Å²) >= 11 is 0. The number of aryl methyl sites for hydroxylation is 1. The van der Waals surface area contributed by atoms with Gasteiger partial charge in [-0.3, -0.25) is 4.79 Å². The van der Waals surface area contributed by atoms with E-state index in [1.807, 2.05) is 19.1 Å². The zero-order chi connectivity index (χ0) is 21.4. The van der Waals surface area contributed by atoms with Crippen LogP contribution in [-0.4, -0.2) is 15.9 Å². The number of nitrogens with one attached hydrogen (secondary N) is 2. The monoisotopic (exact) mass is 392 g/mol. The Morgan fingerprint density at radius 3 is 2.48 bits per heavy atom. The number of aromatic nitrogens is 2. The third-order valence-corrected chi connectivity index (χ3v) is 4.38. The molecule has 29 heavy (non-hydrogen) atoms. The number of hydrogen-bond acceptors (Lipinski definition) is 6. The molecule has 0 aliphatic carbocycles. The van der Waals surface area contributed by atoms with E-state index in [4.69, 9.17) is 11.5 Å². The van der Waals surface area contributed by atoms with Crippen molar-refractivity contribution in [1.29, 1.82) is 0 Å². The van der Waals surface area contributed by atoms with Gasteiger partial charge >= 0.3 is 0 Å². The Bertz CT molecular complexity index is 911. The molecule has 1 heterocycles. The molecule has 2 aromatic rings. The van der Waals surface area contributed by atoms with Crippen LogP contribution in [0.5, 0.6) is 0 Å². The van der Waals surface area contributed by atoms with Crippen molar-refractivity contribution in [2.45, 2.75) is 27.2 Å². The zero-order valence-corrected chi connectivity index (χ0v) is 17.1. The van der Waals surface area contributed by atoms with Crippen LogP contribution in [0.4, 0.5) is 17.5 Å². The Hall–Kier alpha value is -3.61. The second kappa shape index (κ2) is 10.1. The van der Waals surface area contributed by atoms with E-state index < -0.39 is 0 Å². The van der Waals surface area contributed by atoms with Gasteiger partial charge in [0.2, 0.25) is 5.95 Å². The molecule has 2 rings (SSSR count). The summed E-state index contributed by atoms with van der Waals surface area (Å²) in [5, 5.41) is 6.15.